The minimum Gasteiger partial charge on any atom is -0.293 e. The lowest BCUT2D eigenvalue weighted by Gasteiger charge is -2.05. The number of rotatable bonds is 4. The van der Waals surface area contributed by atoms with Crippen LogP contribution in [0.4, 0.5) is 0 Å². The summed E-state index contributed by atoms with van der Waals surface area (Å²) in [6, 6.07) is 13.9. The topological polar surface area (TPSA) is 17.1 Å². The number of ketones is 1. The van der Waals surface area contributed by atoms with E-state index in [1.165, 1.54) is 11.1 Å². The molecular weight excluding hydrogens is 320 g/mol. The third-order valence-corrected chi connectivity index (χ3v) is 4.48. The van der Waals surface area contributed by atoms with Crippen molar-refractivity contribution in [3.8, 4) is 0 Å². The van der Waals surface area contributed by atoms with Crippen LogP contribution in [0.5, 0.6) is 0 Å². The standard InChI is InChI=1S/C16H15BrOS/c1-11-6-7-13(8-12(11)2)16(18)10-19-15-5-3-4-14(17)9-15/h3-9H,10H2,1-2H3. The van der Waals surface area contributed by atoms with Gasteiger partial charge in [0.2, 0.25) is 0 Å². The fourth-order valence-electron chi connectivity index (χ4n) is 1.70. The van der Waals surface area contributed by atoms with Crippen molar-refractivity contribution in [2.45, 2.75) is 18.7 Å². The van der Waals surface area contributed by atoms with Crippen LogP contribution in [-0.4, -0.2) is 11.5 Å². The van der Waals surface area contributed by atoms with Gasteiger partial charge in [-0.1, -0.05) is 34.1 Å². The zero-order chi connectivity index (χ0) is 13.8. The molecule has 0 unspecified atom stereocenters. The molecular formula is C16H15BrOS. The molecule has 2 rings (SSSR count). The summed E-state index contributed by atoms with van der Waals surface area (Å²) in [7, 11) is 0. The maximum absolute atomic E-state index is 12.1. The van der Waals surface area contributed by atoms with Crippen molar-refractivity contribution >= 4 is 33.5 Å². The number of aryl methyl sites for hydroxylation is 2. The van der Waals surface area contributed by atoms with E-state index in [9.17, 15) is 4.79 Å². The highest BCUT2D eigenvalue weighted by Gasteiger charge is 2.07. The Morgan fingerprint density at radius 3 is 2.58 bits per heavy atom. The van der Waals surface area contributed by atoms with Gasteiger partial charge >= 0.3 is 0 Å². The van der Waals surface area contributed by atoms with Crippen LogP contribution in [0.2, 0.25) is 0 Å². The van der Waals surface area contributed by atoms with Crippen LogP contribution in [0.25, 0.3) is 0 Å². The second kappa shape index (κ2) is 6.40. The van der Waals surface area contributed by atoms with Crippen LogP contribution < -0.4 is 0 Å². The number of carbonyl (C=O) groups is 1. The molecule has 98 valence electrons. The molecule has 0 aliphatic carbocycles. The minimum absolute atomic E-state index is 0.174. The number of halogens is 1. The summed E-state index contributed by atoms with van der Waals surface area (Å²) in [6.45, 7) is 4.09. The van der Waals surface area contributed by atoms with Gasteiger partial charge in [-0.25, -0.2) is 0 Å². The smallest absolute Gasteiger partial charge is 0.173 e. The molecule has 0 aliphatic rings. The summed E-state index contributed by atoms with van der Waals surface area (Å²) >= 11 is 5.00. The maximum atomic E-state index is 12.1. The molecule has 19 heavy (non-hydrogen) atoms. The van der Waals surface area contributed by atoms with Crippen LogP contribution in [0, 0.1) is 13.8 Å². The lowest BCUT2D eigenvalue weighted by molar-refractivity contribution is 0.102. The Balaban J connectivity index is 2.03. The molecule has 0 aliphatic heterocycles. The number of benzene rings is 2. The van der Waals surface area contributed by atoms with Gasteiger partial charge in [0.1, 0.15) is 0 Å². The predicted molar refractivity (Wildman–Crippen MR) is 85.1 cm³/mol. The summed E-state index contributed by atoms with van der Waals surface area (Å²) in [5.41, 5.74) is 3.18. The normalized spacial score (nSPS) is 10.5. The molecule has 0 bridgehead atoms. The maximum Gasteiger partial charge on any atom is 0.173 e. The van der Waals surface area contributed by atoms with Gasteiger partial charge in [0.15, 0.2) is 5.78 Å². The van der Waals surface area contributed by atoms with Gasteiger partial charge in [0, 0.05) is 14.9 Å². The van der Waals surface area contributed by atoms with Gasteiger partial charge in [0.05, 0.1) is 5.75 Å². The largest absolute Gasteiger partial charge is 0.293 e. The van der Waals surface area contributed by atoms with E-state index in [1.54, 1.807) is 11.8 Å². The van der Waals surface area contributed by atoms with Crippen molar-refractivity contribution < 1.29 is 4.79 Å². The third-order valence-electron chi connectivity index (χ3n) is 2.99. The van der Waals surface area contributed by atoms with Crippen LogP contribution in [-0.2, 0) is 0 Å². The summed E-state index contributed by atoms with van der Waals surface area (Å²) in [6.07, 6.45) is 0. The molecule has 0 spiro atoms. The Labute approximate surface area is 126 Å². The van der Waals surface area contributed by atoms with Crippen molar-refractivity contribution in [1.82, 2.24) is 0 Å². The molecule has 0 radical (unpaired) electrons. The van der Waals surface area contributed by atoms with E-state index in [1.807, 2.05) is 49.4 Å². The molecule has 3 heteroatoms. The first-order chi connectivity index (χ1) is 9.06. The van der Waals surface area contributed by atoms with E-state index in [4.69, 9.17) is 0 Å². The number of Topliss-reactive ketones (excluding diaryl/α,β-unsaturated/α-hetero) is 1. The van der Waals surface area contributed by atoms with Gasteiger partial charge in [-0.15, -0.1) is 11.8 Å². The fourth-order valence-corrected chi connectivity index (χ4v) is 3.10. The van der Waals surface area contributed by atoms with E-state index in [0.29, 0.717) is 5.75 Å². The number of carbonyl (C=O) groups excluding carboxylic acids is 1. The van der Waals surface area contributed by atoms with E-state index in [0.717, 1.165) is 14.9 Å². The van der Waals surface area contributed by atoms with Crippen molar-refractivity contribution in [3.63, 3.8) is 0 Å². The SMILES string of the molecule is Cc1ccc(C(=O)CSc2cccc(Br)c2)cc1C. The van der Waals surface area contributed by atoms with E-state index in [2.05, 4.69) is 22.9 Å². The summed E-state index contributed by atoms with van der Waals surface area (Å²) in [4.78, 5) is 13.2. The highest BCUT2D eigenvalue weighted by molar-refractivity contribution is 9.10. The molecule has 0 heterocycles. The zero-order valence-electron chi connectivity index (χ0n) is 10.9. The average Bonchev–Trinajstić information content (AvgIpc) is 2.39. The minimum atomic E-state index is 0.174. The third kappa shape index (κ3) is 3.95. The van der Waals surface area contributed by atoms with Crippen molar-refractivity contribution in [1.29, 1.82) is 0 Å². The second-order valence-corrected chi connectivity index (χ2v) is 6.43. The molecule has 2 aromatic carbocycles. The quantitative estimate of drug-likeness (QED) is 0.575. The first-order valence-corrected chi connectivity index (χ1v) is 7.83. The molecule has 2 aromatic rings. The van der Waals surface area contributed by atoms with E-state index in [-0.39, 0.29) is 5.78 Å². The van der Waals surface area contributed by atoms with Crippen LogP contribution >= 0.6 is 27.7 Å². The Morgan fingerprint density at radius 1 is 1.11 bits per heavy atom. The Kier molecular flexibility index (Phi) is 4.83. The lowest BCUT2D eigenvalue weighted by atomic mass is 10.0. The molecule has 0 saturated heterocycles. The first kappa shape index (κ1) is 14.4. The van der Waals surface area contributed by atoms with Crippen LogP contribution in [0.3, 0.4) is 0 Å². The van der Waals surface area contributed by atoms with Gasteiger partial charge in [-0.3, -0.25) is 4.79 Å². The van der Waals surface area contributed by atoms with Crippen LogP contribution in [0.15, 0.2) is 51.8 Å². The summed E-state index contributed by atoms with van der Waals surface area (Å²) in [5, 5.41) is 0. The molecule has 0 amide bonds. The highest BCUT2D eigenvalue weighted by atomic mass is 79.9. The Morgan fingerprint density at radius 2 is 1.89 bits per heavy atom. The molecule has 0 saturated carbocycles. The number of thioether (sulfide) groups is 1. The molecule has 0 aromatic heterocycles. The first-order valence-electron chi connectivity index (χ1n) is 6.05. The van der Waals surface area contributed by atoms with E-state index >= 15 is 0 Å². The predicted octanol–water partition coefficient (Wildman–Crippen LogP) is 5.04. The number of hydrogen-bond donors (Lipinski definition) is 0. The second-order valence-electron chi connectivity index (χ2n) is 4.47. The zero-order valence-corrected chi connectivity index (χ0v) is 13.3. The van der Waals surface area contributed by atoms with Gasteiger partial charge < -0.3 is 0 Å². The van der Waals surface area contributed by atoms with Crippen LogP contribution in [0.1, 0.15) is 21.5 Å². The monoisotopic (exact) mass is 334 g/mol. The van der Waals surface area contributed by atoms with Gasteiger partial charge in [-0.05, 0) is 49.2 Å². The van der Waals surface area contributed by atoms with Crippen molar-refractivity contribution in [2.24, 2.45) is 0 Å². The molecule has 0 atom stereocenters. The van der Waals surface area contributed by atoms with Gasteiger partial charge in [0.25, 0.3) is 0 Å². The average molecular weight is 335 g/mol. The summed E-state index contributed by atoms with van der Waals surface area (Å²) in [5.74, 6) is 0.645. The van der Waals surface area contributed by atoms with Crippen molar-refractivity contribution in [2.75, 3.05) is 5.75 Å². The Bertz CT molecular complexity index is 607. The highest BCUT2D eigenvalue weighted by Crippen LogP contribution is 2.23. The summed E-state index contributed by atoms with van der Waals surface area (Å²) < 4.78 is 1.04. The Hall–Kier alpha value is -1.06. The number of hydrogen-bond acceptors (Lipinski definition) is 2. The van der Waals surface area contributed by atoms with Crippen molar-refractivity contribution in [3.05, 3.63) is 63.6 Å². The molecule has 1 nitrogen and oxygen atoms in total. The lowest BCUT2D eigenvalue weighted by Crippen LogP contribution is -2.03. The fraction of sp³-hybridized carbons (Fsp3) is 0.188. The molecule has 0 fully saturated rings. The van der Waals surface area contributed by atoms with Gasteiger partial charge in [-0.2, -0.15) is 0 Å². The molecule has 0 N–H and O–H groups in total. The van der Waals surface area contributed by atoms with E-state index < -0.39 is 0 Å².